The highest BCUT2D eigenvalue weighted by Gasteiger charge is 2.37. The molecule has 0 amide bonds. The van der Waals surface area contributed by atoms with Crippen molar-refractivity contribution in [3.05, 3.63) is 52.9 Å². The molecule has 1 saturated carbocycles. The minimum atomic E-state index is -4.64. The summed E-state index contributed by atoms with van der Waals surface area (Å²) >= 11 is 0. The van der Waals surface area contributed by atoms with Crippen LogP contribution in [0.1, 0.15) is 56.0 Å². The molecule has 3 rings (SSSR count). The third-order valence-electron chi connectivity index (χ3n) is 5.98. The number of nitrogens with one attached hydrogen (secondary N) is 1. The number of aliphatic hydroxyl groups excluding tert-OH is 1. The summed E-state index contributed by atoms with van der Waals surface area (Å²) in [7, 11) is -2.66. The van der Waals surface area contributed by atoms with Crippen LogP contribution in [0, 0.1) is 11.8 Å². The van der Waals surface area contributed by atoms with Gasteiger partial charge in [0.1, 0.15) is 12.7 Å². The number of aromatic nitrogens is 2. The van der Waals surface area contributed by atoms with Crippen LogP contribution < -0.4 is 10.6 Å². The lowest BCUT2D eigenvalue weighted by atomic mass is 9.82. The highest BCUT2D eigenvalue weighted by atomic mass is 31.2. The van der Waals surface area contributed by atoms with E-state index >= 15 is 0 Å². The number of alkyl halides is 3. The molecule has 1 heterocycles. The van der Waals surface area contributed by atoms with Gasteiger partial charge in [-0.05, 0) is 55.6 Å². The molecule has 2 aromatic rings. The topological polar surface area (TPSA) is 75.1 Å². The Kier molecular flexibility index (Phi) is 7.93. The summed E-state index contributed by atoms with van der Waals surface area (Å²) in [5.74, 6) is 0.300. The number of halogens is 3. The maximum Gasteiger partial charge on any atom is 0.419 e. The lowest BCUT2D eigenvalue weighted by molar-refractivity contribution is -0.138. The molecule has 0 atom stereocenters. The predicted octanol–water partition coefficient (Wildman–Crippen LogP) is 5.58. The molecule has 1 aliphatic carbocycles. The fraction of sp³-hybridized carbons (Fsp3) is 0.520. The molecule has 0 aliphatic heterocycles. The largest absolute Gasteiger partial charge is 0.419 e. The fourth-order valence-corrected chi connectivity index (χ4v) is 5.69. The molecule has 1 aromatic heterocycles. The molecule has 0 saturated heterocycles. The van der Waals surface area contributed by atoms with Crippen molar-refractivity contribution in [2.24, 2.45) is 11.8 Å². The van der Waals surface area contributed by atoms with Crippen molar-refractivity contribution in [1.82, 2.24) is 9.97 Å². The van der Waals surface area contributed by atoms with Crippen LogP contribution in [-0.2, 0) is 17.2 Å². The average Bonchev–Trinajstić information content (AvgIpc) is 2.72. The SMILES string of the molecule is CCc1c(/C(=C\C(C)C)c2nc(NCC3CC(O)C3)ncc2C(F)(F)F)cccc1P(C)(C)=O. The van der Waals surface area contributed by atoms with Gasteiger partial charge in [-0.1, -0.05) is 45.0 Å². The number of benzene rings is 1. The van der Waals surface area contributed by atoms with Crippen molar-refractivity contribution in [3.63, 3.8) is 0 Å². The van der Waals surface area contributed by atoms with Crippen molar-refractivity contribution in [3.8, 4) is 0 Å². The van der Waals surface area contributed by atoms with Gasteiger partial charge in [0.05, 0.1) is 11.8 Å². The van der Waals surface area contributed by atoms with Crippen molar-refractivity contribution < 1.29 is 22.8 Å². The monoisotopic (exact) mass is 495 g/mol. The van der Waals surface area contributed by atoms with Gasteiger partial charge in [-0.2, -0.15) is 13.2 Å². The molecule has 2 N–H and O–H groups in total. The van der Waals surface area contributed by atoms with Crippen molar-refractivity contribution >= 4 is 24.0 Å². The molecule has 9 heteroatoms. The number of aliphatic hydroxyl groups is 1. The highest BCUT2D eigenvalue weighted by molar-refractivity contribution is 7.70. The second-order valence-electron chi connectivity index (χ2n) is 9.66. The maximum atomic E-state index is 14.1. The lowest BCUT2D eigenvalue weighted by Crippen LogP contribution is -2.33. The van der Waals surface area contributed by atoms with E-state index < -0.39 is 18.9 Å². The zero-order valence-electron chi connectivity index (χ0n) is 20.3. The minimum absolute atomic E-state index is 0.0534. The number of hydrogen-bond acceptors (Lipinski definition) is 5. The molecule has 0 unspecified atom stereocenters. The van der Waals surface area contributed by atoms with E-state index in [1.54, 1.807) is 37.6 Å². The summed E-state index contributed by atoms with van der Waals surface area (Å²) in [4.78, 5) is 8.28. The van der Waals surface area contributed by atoms with Crippen molar-refractivity contribution in [2.75, 3.05) is 25.2 Å². The number of rotatable bonds is 8. The molecule has 1 aromatic carbocycles. The first-order valence-corrected chi connectivity index (χ1v) is 14.2. The summed E-state index contributed by atoms with van der Waals surface area (Å²) < 4.78 is 55.2. The Bertz CT molecular complexity index is 1100. The van der Waals surface area contributed by atoms with Gasteiger partial charge in [-0.15, -0.1) is 0 Å². The van der Waals surface area contributed by atoms with E-state index in [0.29, 0.717) is 42.2 Å². The molecule has 34 heavy (non-hydrogen) atoms. The Labute approximate surface area is 199 Å². The van der Waals surface area contributed by atoms with Gasteiger partial charge in [0.2, 0.25) is 5.95 Å². The van der Waals surface area contributed by atoms with Crippen molar-refractivity contribution in [1.29, 1.82) is 0 Å². The van der Waals surface area contributed by atoms with E-state index in [9.17, 15) is 22.8 Å². The molecule has 0 spiro atoms. The Hall–Kier alpha value is -2.18. The van der Waals surface area contributed by atoms with Crippen LogP contribution in [0.4, 0.5) is 19.1 Å². The first-order valence-electron chi connectivity index (χ1n) is 11.6. The zero-order valence-corrected chi connectivity index (χ0v) is 21.2. The molecular formula is C25H33F3N3O2P. The van der Waals surface area contributed by atoms with Gasteiger partial charge in [0.25, 0.3) is 0 Å². The zero-order chi connectivity index (χ0) is 25.3. The normalized spacial score (nSPS) is 19.3. The Morgan fingerprint density at radius 1 is 1.29 bits per heavy atom. The summed E-state index contributed by atoms with van der Waals surface area (Å²) in [6, 6.07) is 5.31. The molecule has 0 bridgehead atoms. The fourth-order valence-electron chi connectivity index (χ4n) is 4.32. The molecule has 1 aliphatic rings. The van der Waals surface area contributed by atoms with Crippen molar-refractivity contribution in [2.45, 2.75) is 52.3 Å². The lowest BCUT2D eigenvalue weighted by Gasteiger charge is -2.31. The van der Waals surface area contributed by atoms with Crippen LogP contribution in [0.2, 0.25) is 0 Å². The second kappa shape index (κ2) is 10.2. The Morgan fingerprint density at radius 2 is 1.97 bits per heavy atom. The van der Waals surface area contributed by atoms with Crippen LogP contribution in [0.5, 0.6) is 0 Å². The van der Waals surface area contributed by atoms with Crippen LogP contribution in [0.15, 0.2) is 30.5 Å². The van der Waals surface area contributed by atoms with E-state index in [1.165, 1.54) is 0 Å². The Balaban J connectivity index is 2.17. The minimum Gasteiger partial charge on any atom is -0.393 e. The summed E-state index contributed by atoms with van der Waals surface area (Å²) in [5.41, 5.74) is 0.634. The van der Waals surface area contributed by atoms with Crippen LogP contribution in [-0.4, -0.2) is 41.1 Å². The Morgan fingerprint density at radius 3 is 2.50 bits per heavy atom. The molecule has 0 radical (unpaired) electrons. The van der Waals surface area contributed by atoms with Gasteiger partial charge in [0.15, 0.2) is 0 Å². The van der Waals surface area contributed by atoms with E-state index in [0.717, 1.165) is 11.8 Å². The van der Waals surface area contributed by atoms with E-state index in [2.05, 4.69) is 15.3 Å². The van der Waals surface area contributed by atoms with Crippen LogP contribution in [0.25, 0.3) is 5.57 Å². The standard InChI is InChI=1S/C25H33F3N3O2P/c1-6-18-19(8-7-9-22(18)34(4,5)33)20(10-15(2)3)23-21(25(26,27)28)14-30-24(31-23)29-13-16-11-17(32)12-16/h7-10,14-17,32H,6,11-13H2,1-5H3,(H,29,30,31)/b20-10+. The van der Waals surface area contributed by atoms with Gasteiger partial charge in [-0.25, -0.2) is 9.97 Å². The number of anilines is 1. The third kappa shape index (κ3) is 6.08. The third-order valence-corrected chi connectivity index (χ3v) is 7.56. The summed E-state index contributed by atoms with van der Waals surface area (Å²) in [6.45, 7) is 9.53. The summed E-state index contributed by atoms with van der Waals surface area (Å²) in [6.07, 6.45) is -0.527. The molecule has 186 valence electrons. The first kappa shape index (κ1) is 26.4. The van der Waals surface area contributed by atoms with Gasteiger partial charge < -0.3 is 15.0 Å². The van der Waals surface area contributed by atoms with Gasteiger partial charge >= 0.3 is 6.18 Å². The van der Waals surface area contributed by atoms with Crippen LogP contribution >= 0.6 is 7.14 Å². The smallest absolute Gasteiger partial charge is 0.393 e. The average molecular weight is 496 g/mol. The number of allylic oxidation sites excluding steroid dienone is 1. The van der Waals surface area contributed by atoms with Crippen LogP contribution in [0.3, 0.4) is 0 Å². The van der Waals surface area contributed by atoms with E-state index in [-0.39, 0.29) is 29.6 Å². The molecule has 5 nitrogen and oxygen atoms in total. The first-order chi connectivity index (χ1) is 15.8. The van der Waals surface area contributed by atoms with E-state index in [1.807, 2.05) is 20.8 Å². The summed E-state index contributed by atoms with van der Waals surface area (Å²) in [5, 5.41) is 13.2. The molecular weight excluding hydrogens is 462 g/mol. The predicted molar refractivity (Wildman–Crippen MR) is 131 cm³/mol. The maximum absolute atomic E-state index is 14.1. The van der Waals surface area contributed by atoms with E-state index in [4.69, 9.17) is 0 Å². The number of nitrogens with zero attached hydrogens (tertiary/aromatic N) is 2. The number of hydrogen-bond donors (Lipinski definition) is 2. The molecule has 1 fully saturated rings. The highest BCUT2D eigenvalue weighted by Crippen LogP contribution is 2.41. The second-order valence-corrected chi connectivity index (χ2v) is 12.8. The van der Waals surface area contributed by atoms with Gasteiger partial charge in [0, 0.05) is 23.6 Å². The quantitative estimate of drug-likeness (QED) is 0.468. The van der Waals surface area contributed by atoms with Gasteiger partial charge in [-0.3, -0.25) is 0 Å².